The van der Waals surface area contributed by atoms with E-state index in [9.17, 15) is 0 Å². The second-order valence-corrected chi connectivity index (χ2v) is 2.55. The summed E-state index contributed by atoms with van der Waals surface area (Å²) in [6, 6.07) is 0. The van der Waals surface area contributed by atoms with Crippen LogP contribution in [0.4, 0.5) is 0 Å². The van der Waals surface area contributed by atoms with Crippen LogP contribution in [0.3, 0.4) is 0 Å². The van der Waals surface area contributed by atoms with Crippen molar-refractivity contribution >= 4 is 0 Å². The van der Waals surface area contributed by atoms with Crippen LogP contribution in [0.2, 0.25) is 0 Å². The molecule has 0 aromatic carbocycles. The first kappa shape index (κ1) is 8.20. The molecule has 0 saturated heterocycles. The lowest BCUT2D eigenvalue weighted by Gasteiger charge is -2.07. The fourth-order valence-corrected chi connectivity index (χ4v) is 0.927. The highest BCUT2D eigenvalue weighted by Gasteiger charge is 2.08. The zero-order chi connectivity index (χ0) is 8.10. The van der Waals surface area contributed by atoms with E-state index in [4.69, 9.17) is 10.3 Å². The molecule has 0 spiro atoms. The molecule has 1 aromatic rings. The molecule has 1 heterocycles. The van der Waals surface area contributed by atoms with Gasteiger partial charge in [0, 0.05) is 6.42 Å². The van der Waals surface area contributed by atoms with E-state index in [-0.39, 0.29) is 0 Å². The molecule has 0 aliphatic carbocycles. The molecule has 1 aromatic heterocycles. The first-order valence-corrected chi connectivity index (χ1v) is 3.82. The molecule has 2 N–H and O–H groups in total. The van der Waals surface area contributed by atoms with Crippen LogP contribution in [0, 0.1) is 5.92 Å². The van der Waals surface area contributed by atoms with E-state index >= 15 is 0 Å². The number of rotatable bonds is 4. The Labute approximate surface area is 65.8 Å². The molecule has 11 heavy (non-hydrogen) atoms. The van der Waals surface area contributed by atoms with Crippen molar-refractivity contribution < 1.29 is 4.52 Å². The first-order chi connectivity index (χ1) is 5.36. The Kier molecular flexibility index (Phi) is 3.04. The number of hydrogen-bond donors (Lipinski definition) is 1. The highest BCUT2D eigenvalue weighted by molar-refractivity contribution is 4.78. The summed E-state index contributed by atoms with van der Waals surface area (Å²) in [5.74, 6) is 1.15. The van der Waals surface area contributed by atoms with Gasteiger partial charge in [0.05, 0.1) is 0 Å². The van der Waals surface area contributed by atoms with Crippen molar-refractivity contribution in [1.82, 2.24) is 10.1 Å². The zero-order valence-corrected chi connectivity index (χ0v) is 6.66. The monoisotopic (exact) mass is 155 g/mol. The van der Waals surface area contributed by atoms with Crippen molar-refractivity contribution in [2.45, 2.75) is 19.8 Å². The van der Waals surface area contributed by atoms with E-state index < -0.39 is 0 Å². The lowest BCUT2D eigenvalue weighted by atomic mass is 10.0. The molecular weight excluding hydrogens is 142 g/mol. The average Bonchev–Trinajstić information content (AvgIpc) is 2.52. The van der Waals surface area contributed by atoms with E-state index in [0.717, 1.165) is 12.8 Å². The highest BCUT2D eigenvalue weighted by atomic mass is 16.5. The Bertz CT molecular complexity index is 182. The Morgan fingerprint density at radius 2 is 2.55 bits per heavy atom. The van der Waals surface area contributed by atoms with Gasteiger partial charge < -0.3 is 10.3 Å². The lowest BCUT2D eigenvalue weighted by Crippen LogP contribution is -2.15. The number of hydrogen-bond acceptors (Lipinski definition) is 4. The summed E-state index contributed by atoms with van der Waals surface area (Å²) >= 11 is 0. The minimum atomic E-state index is 0.468. The highest BCUT2D eigenvalue weighted by Crippen LogP contribution is 2.07. The second kappa shape index (κ2) is 4.08. The summed E-state index contributed by atoms with van der Waals surface area (Å²) in [4.78, 5) is 3.92. The standard InChI is InChI=1S/C7H13N3O/c1-2-6(4-8)3-7-9-5-10-11-7/h5-6H,2-4,8H2,1H3. The average molecular weight is 155 g/mol. The van der Waals surface area contributed by atoms with Crippen LogP contribution in [0.25, 0.3) is 0 Å². The number of nitrogens with two attached hydrogens (primary N) is 1. The van der Waals surface area contributed by atoms with Crippen molar-refractivity contribution in [2.24, 2.45) is 11.7 Å². The van der Waals surface area contributed by atoms with Gasteiger partial charge in [-0.1, -0.05) is 18.5 Å². The van der Waals surface area contributed by atoms with E-state index in [0.29, 0.717) is 18.4 Å². The van der Waals surface area contributed by atoms with Crippen molar-refractivity contribution in [3.8, 4) is 0 Å². The molecule has 0 bridgehead atoms. The van der Waals surface area contributed by atoms with Crippen LogP contribution < -0.4 is 5.73 Å². The van der Waals surface area contributed by atoms with Crippen LogP contribution in [0.5, 0.6) is 0 Å². The van der Waals surface area contributed by atoms with Gasteiger partial charge in [0.2, 0.25) is 5.89 Å². The van der Waals surface area contributed by atoms with Crippen LogP contribution in [0.1, 0.15) is 19.2 Å². The van der Waals surface area contributed by atoms with Gasteiger partial charge in [0.15, 0.2) is 6.33 Å². The summed E-state index contributed by atoms with van der Waals surface area (Å²) in [5.41, 5.74) is 5.51. The third-order valence-electron chi connectivity index (χ3n) is 1.78. The molecule has 0 aliphatic rings. The SMILES string of the molecule is CCC(CN)Cc1ncno1. The molecule has 0 fully saturated rings. The van der Waals surface area contributed by atoms with Crippen molar-refractivity contribution in [1.29, 1.82) is 0 Å². The number of aromatic nitrogens is 2. The summed E-state index contributed by atoms with van der Waals surface area (Å²) < 4.78 is 4.85. The first-order valence-electron chi connectivity index (χ1n) is 3.82. The zero-order valence-electron chi connectivity index (χ0n) is 6.66. The number of nitrogens with zero attached hydrogens (tertiary/aromatic N) is 2. The van der Waals surface area contributed by atoms with Gasteiger partial charge in [-0.15, -0.1) is 0 Å². The molecule has 4 nitrogen and oxygen atoms in total. The molecule has 0 amide bonds. The fraction of sp³-hybridized carbons (Fsp3) is 0.714. The quantitative estimate of drug-likeness (QED) is 0.691. The smallest absolute Gasteiger partial charge is 0.226 e. The van der Waals surface area contributed by atoms with Gasteiger partial charge >= 0.3 is 0 Å². The largest absolute Gasteiger partial charge is 0.340 e. The molecule has 0 aliphatic heterocycles. The molecule has 1 atom stereocenters. The Morgan fingerprint density at radius 1 is 1.73 bits per heavy atom. The fourth-order valence-electron chi connectivity index (χ4n) is 0.927. The predicted octanol–water partition coefficient (Wildman–Crippen LogP) is 0.597. The predicted molar refractivity (Wildman–Crippen MR) is 40.8 cm³/mol. The Morgan fingerprint density at radius 3 is 3.00 bits per heavy atom. The maximum Gasteiger partial charge on any atom is 0.226 e. The maximum absolute atomic E-state index is 5.51. The molecule has 0 saturated carbocycles. The van der Waals surface area contributed by atoms with E-state index in [1.807, 2.05) is 0 Å². The van der Waals surface area contributed by atoms with Gasteiger partial charge in [0.1, 0.15) is 0 Å². The second-order valence-electron chi connectivity index (χ2n) is 2.55. The Balaban J connectivity index is 2.41. The minimum absolute atomic E-state index is 0.468. The third-order valence-corrected chi connectivity index (χ3v) is 1.78. The third kappa shape index (κ3) is 2.31. The lowest BCUT2D eigenvalue weighted by molar-refractivity contribution is 0.350. The molecule has 1 rings (SSSR count). The summed E-state index contributed by atoms with van der Waals surface area (Å²) in [5, 5.41) is 3.52. The van der Waals surface area contributed by atoms with Crippen LogP contribution in [0.15, 0.2) is 10.9 Å². The summed E-state index contributed by atoms with van der Waals surface area (Å²) in [6.45, 7) is 2.78. The normalized spacial score (nSPS) is 13.3. The van der Waals surface area contributed by atoms with Crippen LogP contribution in [-0.2, 0) is 6.42 Å². The van der Waals surface area contributed by atoms with Crippen molar-refractivity contribution in [3.63, 3.8) is 0 Å². The van der Waals surface area contributed by atoms with Gasteiger partial charge in [-0.3, -0.25) is 0 Å². The molecule has 1 unspecified atom stereocenters. The van der Waals surface area contributed by atoms with E-state index in [1.165, 1.54) is 6.33 Å². The van der Waals surface area contributed by atoms with Crippen LogP contribution >= 0.6 is 0 Å². The Hall–Kier alpha value is -0.900. The van der Waals surface area contributed by atoms with Crippen molar-refractivity contribution in [2.75, 3.05) is 6.54 Å². The van der Waals surface area contributed by atoms with Gasteiger partial charge in [0.25, 0.3) is 0 Å². The van der Waals surface area contributed by atoms with Crippen molar-refractivity contribution in [3.05, 3.63) is 12.2 Å². The van der Waals surface area contributed by atoms with Gasteiger partial charge in [-0.2, -0.15) is 4.98 Å². The van der Waals surface area contributed by atoms with Gasteiger partial charge in [-0.05, 0) is 12.5 Å². The summed E-state index contributed by atoms with van der Waals surface area (Å²) in [6.07, 6.45) is 3.27. The van der Waals surface area contributed by atoms with E-state index in [2.05, 4.69) is 17.1 Å². The maximum atomic E-state index is 5.51. The minimum Gasteiger partial charge on any atom is -0.340 e. The van der Waals surface area contributed by atoms with Gasteiger partial charge in [-0.25, -0.2) is 0 Å². The topological polar surface area (TPSA) is 64.9 Å². The van der Waals surface area contributed by atoms with Crippen LogP contribution in [-0.4, -0.2) is 16.7 Å². The molecule has 4 heteroatoms. The summed E-state index contributed by atoms with van der Waals surface area (Å²) in [7, 11) is 0. The molecule has 62 valence electrons. The van der Waals surface area contributed by atoms with E-state index in [1.54, 1.807) is 0 Å². The molecular formula is C7H13N3O. The molecule has 0 radical (unpaired) electrons.